The first-order valence-corrected chi connectivity index (χ1v) is 11.3. The van der Waals surface area contributed by atoms with E-state index in [0.29, 0.717) is 28.0 Å². The minimum Gasteiger partial charge on any atom is -0.344 e. The van der Waals surface area contributed by atoms with Crippen molar-refractivity contribution in [2.24, 2.45) is 5.92 Å². The summed E-state index contributed by atoms with van der Waals surface area (Å²) in [5.41, 5.74) is 1.81. The maximum absolute atomic E-state index is 14.8. The van der Waals surface area contributed by atoms with E-state index in [1.54, 1.807) is 32.3 Å². The standard InChI is InChI=1S/C23H25FN4O2S/c1-28(2)23(30)20-10-16(12-31-20)13-3-4-14(19(24)9-13)7-18(11-25)27-22(29)21-15-5-6-17(8-15)26-21/h3-4,9-10,12,15,17-18,21,26H,5-8H2,1-2H3,(H,27,29). The Balaban J connectivity index is 1.42. The number of thiophene rings is 1. The van der Waals surface area contributed by atoms with E-state index in [2.05, 4.69) is 16.7 Å². The number of carbonyl (C=O) groups excluding carboxylic acids is 2. The van der Waals surface area contributed by atoms with Gasteiger partial charge in [-0.25, -0.2) is 4.39 Å². The summed E-state index contributed by atoms with van der Waals surface area (Å²) >= 11 is 1.32. The van der Waals surface area contributed by atoms with E-state index in [9.17, 15) is 19.2 Å². The van der Waals surface area contributed by atoms with E-state index >= 15 is 0 Å². The Morgan fingerprint density at radius 3 is 2.74 bits per heavy atom. The zero-order valence-electron chi connectivity index (χ0n) is 17.5. The fraction of sp³-hybridized carbons (Fsp3) is 0.435. The topological polar surface area (TPSA) is 85.2 Å². The summed E-state index contributed by atoms with van der Waals surface area (Å²) in [4.78, 5) is 26.7. The molecule has 2 fully saturated rings. The fourth-order valence-corrected chi connectivity index (χ4v) is 5.41. The van der Waals surface area contributed by atoms with Crippen molar-refractivity contribution in [1.29, 1.82) is 5.26 Å². The number of amides is 2. The van der Waals surface area contributed by atoms with Gasteiger partial charge in [0.15, 0.2) is 0 Å². The van der Waals surface area contributed by atoms with Gasteiger partial charge in [-0.3, -0.25) is 9.59 Å². The van der Waals surface area contributed by atoms with Crippen molar-refractivity contribution in [3.8, 4) is 17.2 Å². The molecule has 4 atom stereocenters. The van der Waals surface area contributed by atoms with Crippen LogP contribution in [-0.2, 0) is 11.2 Å². The number of hydrogen-bond donors (Lipinski definition) is 2. The van der Waals surface area contributed by atoms with Gasteiger partial charge in [0, 0.05) is 26.6 Å². The number of piperidine rings is 1. The molecule has 4 unspecified atom stereocenters. The smallest absolute Gasteiger partial charge is 0.263 e. The first-order chi connectivity index (χ1) is 14.9. The van der Waals surface area contributed by atoms with Crippen LogP contribution in [0.5, 0.6) is 0 Å². The highest BCUT2D eigenvalue weighted by Gasteiger charge is 2.43. The Labute approximate surface area is 185 Å². The number of hydrogen-bond acceptors (Lipinski definition) is 5. The predicted molar refractivity (Wildman–Crippen MR) is 117 cm³/mol. The lowest BCUT2D eigenvalue weighted by atomic mass is 9.98. The lowest BCUT2D eigenvalue weighted by Crippen LogP contribution is -2.50. The van der Waals surface area contributed by atoms with E-state index < -0.39 is 11.9 Å². The van der Waals surface area contributed by atoms with Gasteiger partial charge in [0.05, 0.1) is 17.0 Å². The molecule has 2 bridgehead atoms. The van der Waals surface area contributed by atoms with Gasteiger partial charge in [0.2, 0.25) is 5.91 Å². The monoisotopic (exact) mass is 440 g/mol. The van der Waals surface area contributed by atoms with Crippen LogP contribution in [-0.4, -0.2) is 48.9 Å². The van der Waals surface area contributed by atoms with Crippen LogP contribution < -0.4 is 10.6 Å². The van der Waals surface area contributed by atoms with Crippen LogP contribution in [0.4, 0.5) is 4.39 Å². The quantitative estimate of drug-likeness (QED) is 0.723. The molecule has 8 heteroatoms. The number of halogens is 1. The number of carbonyl (C=O) groups is 2. The van der Waals surface area contributed by atoms with Crippen molar-refractivity contribution >= 4 is 23.2 Å². The van der Waals surface area contributed by atoms with Gasteiger partial charge in [-0.15, -0.1) is 11.3 Å². The summed E-state index contributed by atoms with van der Waals surface area (Å²) in [6.07, 6.45) is 3.25. The van der Waals surface area contributed by atoms with Crippen LogP contribution in [0.3, 0.4) is 0 Å². The lowest BCUT2D eigenvalue weighted by molar-refractivity contribution is -0.124. The van der Waals surface area contributed by atoms with Crippen LogP contribution in [0, 0.1) is 23.1 Å². The number of nitrogens with zero attached hydrogens (tertiary/aromatic N) is 2. The van der Waals surface area contributed by atoms with Crippen molar-refractivity contribution in [2.45, 2.75) is 43.8 Å². The molecule has 1 aromatic carbocycles. The van der Waals surface area contributed by atoms with Crippen LogP contribution in [0.15, 0.2) is 29.6 Å². The van der Waals surface area contributed by atoms with Crippen molar-refractivity contribution in [3.63, 3.8) is 0 Å². The molecule has 0 spiro atoms. The molecular weight excluding hydrogens is 415 g/mol. The summed E-state index contributed by atoms with van der Waals surface area (Å²) in [6.45, 7) is 0. The largest absolute Gasteiger partial charge is 0.344 e. The summed E-state index contributed by atoms with van der Waals surface area (Å²) < 4.78 is 14.8. The van der Waals surface area contributed by atoms with Crippen molar-refractivity contribution in [3.05, 3.63) is 45.9 Å². The molecule has 2 amide bonds. The molecule has 1 saturated heterocycles. The second-order valence-electron chi connectivity index (χ2n) is 8.51. The number of nitriles is 1. The highest BCUT2D eigenvalue weighted by Crippen LogP contribution is 2.35. The molecule has 1 aliphatic heterocycles. The van der Waals surface area contributed by atoms with E-state index in [0.717, 1.165) is 24.8 Å². The van der Waals surface area contributed by atoms with E-state index in [1.165, 1.54) is 22.3 Å². The molecule has 1 saturated carbocycles. The van der Waals surface area contributed by atoms with Crippen molar-refractivity contribution in [2.75, 3.05) is 14.1 Å². The zero-order valence-corrected chi connectivity index (χ0v) is 18.3. The van der Waals surface area contributed by atoms with Gasteiger partial charge in [0.25, 0.3) is 5.91 Å². The minimum atomic E-state index is -0.792. The molecule has 31 heavy (non-hydrogen) atoms. The maximum atomic E-state index is 14.8. The lowest BCUT2D eigenvalue weighted by Gasteiger charge is -2.23. The molecule has 2 aliphatic rings. The molecule has 2 aromatic rings. The third-order valence-corrected chi connectivity index (χ3v) is 7.06. The predicted octanol–water partition coefficient (Wildman–Crippen LogP) is 2.95. The van der Waals surface area contributed by atoms with Crippen LogP contribution >= 0.6 is 11.3 Å². The van der Waals surface area contributed by atoms with Gasteiger partial charge in [0.1, 0.15) is 11.9 Å². The third-order valence-electron chi connectivity index (χ3n) is 6.14. The summed E-state index contributed by atoms with van der Waals surface area (Å²) in [5.74, 6) is -0.370. The van der Waals surface area contributed by atoms with E-state index in [4.69, 9.17) is 0 Å². The van der Waals surface area contributed by atoms with Crippen molar-refractivity contribution in [1.82, 2.24) is 15.5 Å². The first-order valence-electron chi connectivity index (χ1n) is 10.4. The molecule has 2 heterocycles. The van der Waals surface area contributed by atoms with Crippen LogP contribution in [0.2, 0.25) is 0 Å². The third kappa shape index (κ3) is 4.48. The summed E-state index contributed by atoms with van der Waals surface area (Å²) in [7, 11) is 3.38. The molecular formula is C23H25FN4O2S. The Kier molecular flexibility index (Phi) is 6.08. The van der Waals surface area contributed by atoms with Gasteiger partial charge >= 0.3 is 0 Å². The molecule has 1 aromatic heterocycles. The Morgan fingerprint density at radius 1 is 1.32 bits per heavy atom. The second-order valence-corrected chi connectivity index (χ2v) is 9.43. The number of nitrogens with one attached hydrogen (secondary N) is 2. The van der Waals surface area contributed by atoms with E-state index in [-0.39, 0.29) is 24.3 Å². The van der Waals surface area contributed by atoms with Gasteiger partial charge < -0.3 is 15.5 Å². The normalized spacial score (nSPS) is 22.7. The number of rotatable bonds is 6. The summed E-state index contributed by atoms with van der Waals surface area (Å²) in [5, 5.41) is 17.4. The molecule has 0 radical (unpaired) electrons. The Bertz CT molecular complexity index is 1040. The molecule has 6 nitrogen and oxygen atoms in total. The fourth-order valence-electron chi connectivity index (χ4n) is 4.47. The van der Waals surface area contributed by atoms with Crippen molar-refractivity contribution < 1.29 is 14.0 Å². The molecule has 4 rings (SSSR count). The molecule has 1 aliphatic carbocycles. The SMILES string of the molecule is CN(C)C(=O)c1cc(-c2ccc(CC(C#N)NC(=O)C3NC4CCC3C4)c(F)c2)cs1. The summed E-state index contributed by atoms with van der Waals surface area (Å²) in [6, 6.07) is 8.02. The average Bonchev–Trinajstić information content (AvgIpc) is 3.50. The minimum absolute atomic E-state index is 0.0917. The van der Waals surface area contributed by atoms with Gasteiger partial charge in [-0.2, -0.15) is 5.26 Å². The maximum Gasteiger partial charge on any atom is 0.263 e. The number of benzene rings is 1. The van der Waals surface area contributed by atoms with Gasteiger partial charge in [-0.1, -0.05) is 12.1 Å². The molecule has 2 N–H and O–H groups in total. The van der Waals surface area contributed by atoms with Gasteiger partial charge in [-0.05, 0) is 59.4 Å². The highest BCUT2D eigenvalue weighted by atomic mass is 32.1. The zero-order chi connectivity index (χ0) is 22.1. The van der Waals surface area contributed by atoms with Crippen LogP contribution in [0.1, 0.15) is 34.5 Å². The highest BCUT2D eigenvalue weighted by molar-refractivity contribution is 7.12. The average molecular weight is 441 g/mol. The Morgan fingerprint density at radius 2 is 2.13 bits per heavy atom. The van der Waals surface area contributed by atoms with E-state index in [1.807, 2.05) is 5.38 Å². The molecule has 162 valence electrons. The number of fused-ring (bicyclic) bond motifs is 2. The Hall–Kier alpha value is -2.76. The first kappa shape index (κ1) is 21.5. The van der Waals surface area contributed by atoms with Crippen LogP contribution in [0.25, 0.3) is 11.1 Å². The second kappa shape index (κ2) is 8.77.